The molecule has 0 saturated carbocycles. The largest absolute Gasteiger partial charge is 0.354 e. The van der Waals surface area contributed by atoms with Gasteiger partial charge in [0.15, 0.2) is 5.16 Å². The van der Waals surface area contributed by atoms with Crippen molar-refractivity contribution in [1.82, 2.24) is 15.0 Å². The number of aromatic nitrogens is 3. The van der Waals surface area contributed by atoms with E-state index in [2.05, 4.69) is 20.3 Å². The Balaban J connectivity index is 2.04. The number of halogens is 2. The smallest absolute Gasteiger partial charge is 0.228 e. The van der Waals surface area contributed by atoms with Crippen LogP contribution in [0, 0.1) is 0 Å². The summed E-state index contributed by atoms with van der Waals surface area (Å²) in [6.07, 6.45) is 0. The Bertz CT molecular complexity index is 548. The number of nitrogens with one attached hydrogen (secondary N) is 1. The number of nitrogens with zero attached hydrogens (tertiary/aromatic N) is 3. The highest BCUT2D eigenvalue weighted by Gasteiger charge is 2.05. The summed E-state index contributed by atoms with van der Waals surface area (Å²) in [5.41, 5.74) is 1.15. The van der Waals surface area contributed by atoms with Crippen LogP contribution >= 0.6 is 35.0 Å². The van der Waals surface area contributed by atoms with Gasteiger partial charge in [-0.3, -0.25) is 0 Å². The van der Waals surface area contributed by atoms with Crippen molar-refractivity contribution in [3.8, 4) is 0 Å². The second-order valence-electron chi connectivity index (χ2n) is 3.66. The minimum Gasteiger partial charge on any atom is -0.354 e. The number of hydrogen-bond donors (Lipinski definition) is 1. The third-order valence-corrected chi connectivity index (χ3v) is 3.54. The first-order valence-electron chi connectivity index (χ1n) is 5.70. The van der Waals surface area contributed by atoms with E-state index in [0.29, 0.717) is 11.1 Å². The molecule has 0 spiro atoms. The summed E-state index contributed by atoms with van der Waals surface area (Å²) in [5, 5.41) is 4.55. The van der Waals surface area contributed by atoms with E-state index in [4.69, 9.17) is 23.2 Å². The van der Waals surface area contributed by atoms with Gasteiger partial charge in [0.1, 0.15) is 0 Å². The molecule has 19 heavy (non-hydrogen) atoms. The molecule has 1 aromatic heterocycles. The summed E-state index contributed by atoms with van der Waals surface area (Å²) in [7, 11) is 0. The lowest BCUT2D eigenvalue weighted by atomic mass is 10.2. The SMILES string of the molecule is CCNc1nc(Cl)nc(SCc2ccc(Cl)cc2)n1. The van der Waals surface area contributed by atoms with E-state index < -0.39 is 0 Å². The first kappa shape index (κ1) is 14.4. The van der Waals surface area contributed by atoms with Crippen molar-refractivity contribution in [2.75, 3.05) is 11.9 Å². The van der Waals surface area contributed by atoms with Gasteiger partial charge in [-0.1, -0.05) is 35.5 Å². The van der Waals surface area contributed by atoms with Gasteiger partial charge in [0, 0.05) is 17.3 Å². The molecular weight excluding hydrogens is 303 g/mol. The van der Waals surface area contributed by atoms with Gasteiger partial charge in [0.25, 0.3) is 0 Å². The van der Waals surface area contributed by atoms with Crippen LogP contribution in [0.15, 0.2) is 29.4 Å². The zero-order valence-corrected chi connectivity index (χ0v) is 12.6. The Morgan fingerprint density at radius 3 is 2.53 bits per heavy atom. The van der Waals surface area contributed by atoms with Crippen molar-refractivity contribution < 1.29 is 0 Å². The lowest BCUT2D eigenvalue weighted by Crippen LogP contribution is -2.04. The highest BCUT2D eigenvalue weighted by Crippen LogP contribution is 2.22. The normalized spacial score (nSPS) is 10.5. The fourth-order valence-corrected chi connectivity index (χ4v) is 2.49. The average molecular weight is 315 g/mol. The molecule has 0 atom stereocenters. The van der Waals surface area contributed by atoms with Crippen LogP contribution in [0.1, 0.15) is 12.5 Å². The summed E-state index contributed by atoms with van der Waals surface area (Å²) in [6, 6.07) is 7.68. The standard InChI is InChI=1S/C12H12Cl2N4S/c1-2-15-11-16-10(14)17-12(18-11)19-7-8-3-5-9(13)6-4-8/h3-6H,2,7H2,1H3,(H,15,16,17,18). The van der Waals surface area contributed by atoms with Gasteiger partial charge in [0.2, 0.25) is 11.2 Å². The van der Waals surface area contributed by atoms with Crippen LogP contribution in [0.3, 0.4) is 0 Å². The average Bonchev–Trinajstić information content (AvgIpc) is 2.38. The van der Waals surface area contributed by atoms with Crippen LogP contribution in [-0.4, -0.2) is 21.5 Å². The van der Waals surface area contributed by atoms with E-state index in [9.17, 15) is 0 Å². The van der Waals surface area contributed by atoms with Gasteiger partial charge in [-0.2, -0.15) is 15.0 Å². The highest BCUT2D eigenvalue weighted by atomic mass is 35.5. The monoisotopic (exact) mass is 314 g/mol. The predicted octanol–water partition coefficient (Wildman–Crippen LogP) is 3.90. The Morgan fingerprint density at radius 2 is 1.84 bits per heavy atom. The lowest BCUT2D eigenvalue weighted by Gasteiger charge is -2.04. The van der Waals surface area contributed by atoms with Gasteiger partial charge in [-0.25, -0.2) is 0 Å². The topological polar surface area (TPSA) is 50.7 Å². The third kappa shape index (κ3) is 4.53. The Hall–Kier alpha value is -1.04. The second kappa shape index (κ2) is 6.93. The molecule has 2 aromatic rings. The quantitative estimate of drug-likeness (QED) is 0.848. The van der Waals surface area contributed by atoms with Crippen molar-refractivity contribution in [1.29, 1.82) is 0 Å². The number of hydrogen-bond acceptors (Lipinski definition) is 5. The maximum absolute atomic E-state index is 5.86. The molecule has 0 amide bonds. The molecular formula is C12H12Cl2N4S. The first-order valence-corrected chi connectivity index (χ1v) is 7.44. The van der Waals surface area contributed by atoms with Crippen molar-refractivity contribution in [3.05, 3.63) is 40.1 Å². The van der Waals surface area contributed by atoms with Crippen LogP contribution < -0.4 is 5.32 Å². The number of benzene rings is 1. The molecule has 0 radical (unpaired) electrons. The molecule has 0 aliphatic rings. The molecule has 4 nitrogen and oxygen atoms in total. The highest BCUT2D eigenvalue weighted by molar-refractivity contribution is 7.98. The number of rotatable bonds is 5. The number of thioether (sulfide) groups is 1. The third-order valence-electron chi connectivity index (χ3n) is 2.20. The van der Waals surface area contributed by atoms with Crippen LogP contribution in [0.2, 0.25) is 10.3 Å². The molecule has 0 saturated heterocycles. The van der Waals surface area contributed by atoms with E-state index in [1.54, 1.807) is 0 Å². The van der Waals surface area contributed by atoms with E-state index in [-0.39, 0.29) is 5.28 Å². The van der Waals surface area contributed by atoms with Gasteiger partial charge >= 0.3 is 0 Å². The Morgan fingerprint density at radius 1 is 1.11 bits per heavy atom. The van der Waals surface area contributed by atoms with Crippen LogP contribution in [-0.2, 0) is 5.75 Å². The van der Waals surface area contributed by atoms with Crippen LogP contribution in [0.25, 0.3) is 0 Å². The van der Waals surface area contributed by atoms with Crippen molar-refractivity contribution in [2.45, 2.75) is 17.8 Å². The molecule has 1 N–H and O–H groups in total. The molecule has 100 valence electrons. The Labute approximate surface area is 126 Å². The minimum absolute atomic E-state index is 0.199. The fraction of sp³-hybridized carbons (Fsp3) is 0.250. The maximum atomic E-state index is 5.86. The molecule has 7 heteroatoms. The van der Waals surface area contributed by atoms with Crippen molar-refractivity contribution in [3.63, 3.8) is 0 Å². The zero-order chi connectivity index (χ0) is 13.7. The summed E-state index contributed by atoms with van der Waals surface area (Å²) >= 11 is 13.2. The fourth-order valence-electron chi connectivity index (χ4n) is 1.36. The molecule has 0 bridgehead atoms. The van der Waals surface area contributed by atoms with Gasteiger partial charge in [-0.15, -0.1) is 0 Å². The maximum Gasteiger partial charge on any atom is 0.228 e. The molecule has 1 heterocycles. The molecule has 1 aromatic carbocycles. The van der Waals surface area contributed by atoms with Gasteiger partial charge < -0.3 is 5.32 Å². The molecule has 0 unspecified atom stereocenters. The van der Waals surface area contributed by atoms with Crippen LogP contribution in [0.5, 0.6) is 0 Å². The van der Waals surface area contributed by atoms with E-state index >= 15 is 0 Å². The predicted molar refractivity (Wildman–Crippen MR) is 80.0 cm³/mol. The van der Waals surface area contributed by atoms with Gasteiger partial charge in [0.05, 0.1) is 0 Å². The van der Waals surface area contributed by atoms with Crippen molar-refractivity contribution >= 4 is 40.9 Å². The van der Waals surface area contributed by atoms with Crippen molar-refractivity contribution in [2.24, 2.45) is 0 Å². The van der Waals surface area contributed by atoms with Crippen LogP contribution in [0.4, 0.5) is 5.95 Å². The molecule has 2 rings (SSSR count). The summed E-state index contributed by atoms with van der Waals surface area (Å²) in [4.78, 5) is 12.4. The van der Waals surface area contributed by atoms with E-state index in [1.165, 1.54) is 11.8 Å². The second-order valence-corrected chi connectivity index (χ2v) is 5.37. The number of anilines is 1. The minimum atomic E-state index is 0.199. The molecule has 0 fully saturated rings. The summed E-state index contributed by atoms with van der Waals surface area (Å²) in [6.45, 7) is 2.71. The summed E-state index contributed by atoms with van der Waals surface area (Å²) < 4.78 is 0. The summed E-state index contributed by atoms with van der Waals surface area (Å²) in [5.74, 6) is 1.25. The van der Waals surface area contributed by atoms with E-state index in [0.717, 1.165) is 22.9 Å². The van der Waals surface area contributed by atoms with E-state index in [1.807, 2.05) is 31.2 Å². The van der Waals surface area contributed by atoms with Gasteiger partial charge in [-0.05, 0) is 36.2 Å². The first-order chi connectivity index (χ1) is 9.17. The molecule has 0 aliphatic heterocycles. The Kier molecular flexibility index (Phi) is 5.24. The molecule has 0 aliphatic carbocycles. The zero-order valence-electron chi connectivity index (χ0n) is 10.2. The lowest BCUT2D eigenvalue weighted by molar-refractivity contribution is 0.898.